The number of aliphatic hydroxyl groups excluding tert-OH is 2. The van der Waals surface area contributed by atoms with Gasteiger partial charge in [0, 0.05) is 12.8 Å². The van der Waals surface area contributed by atoms with Gasteiger partial charge in [-0.05, 0) is 57.8 Å². The van der Waals surface area contributed by atoms with Crippen LogP contribution >= 0.6 is 0 Å². The number of carbonyl (C=O) groups is 2. The van der Waals surface area contributed by atoms with Crippen molar-refractivity contribution in [1.82, 2.24) is 5.32 Å². The van der Waals surface area contributed by atoms with Gasteiger partial charge in [0.15, 0.2) is 0 Å². The molecule has 0 bridgehead atoms. The van der Waals surface area contributed by atoms with Gasteiger partial charge in [-0.1, -0.05) is 423 Å². The number of carbonyl (C=O) groups excluding carboxylic acids is 2. The summed E-state index contributed by atoms with van der Waals surface area (Å²) in [5.41, 5.74) is 0. The Morgan fingerprint density at radius 1 is 0.303 bits per heavy atom. The third-order valence-electron chi connectivity index (χ3n) is 19.5. The smallest absolute Gasteiger partial charge is 0.305 e. The highest BCUT2D eigenvalue weighted by molar-refractivity contribution is 5.76. The summed E-state index contributed by atoms with van der Waals surface area (Å²) in [6.45, 7) is 4.96. The Hall–Kier alpha value is -1.66. The number of rotatable bonds is 78. The largest absolute Gasteiger partial charge is 0.466 e. The summed E-state index contributed by atoms with van der Waals surface area (Å²) >= 11 is 0. The Balaban J connectivity index is 3.35. The minimum atomic E-state index is -0.843. The zero-order valence-corrected chi connectivity index (χ0v) is 60.7. The number of aliphatic hydroxyl groups is 2. The summed E-state index contributed by atoms with van der Waals surface area (Å²) in [6.07, 6.45) is 102. The predicted octanol–water partition coefficient (Wildman–Crippen LogP) is 27.2. The fourth-order valence-corrected chi connectivity index (χ4v) is 13.2. The molecule has 0 aliphatic rings. The molecule has 528 valence electrons. The van der Waals surface area contributed by atoms with Crippen molar-refractivity contribution < 1.29 is 24.5 Å². The number of esters is 1. The van der Waals surface area contributed by atoms with Crippen LogP contribution in [0.15, 0.2) is 24.3 Å². The molecule has 0 spiro atoms. The summed E-state index contributed by atoms with van der Waals surface area (Å²) in [5.74, 6) is -0.0440. The van der Waals surface area contributed by atoms with Crippen LogP contribution < -0.4 is 5.32 Å². The maximum atomic E-state index is 12.6. The van der Waals surface area contributed by atoms with Crippen molar-refractivity contribution in [2.24, 2.45) is 0 Å². The van der Waals surface area contributed by atoms with Gasteiger partial charge < -0.3 is 20.3 Å². The van der Waals surface area contributed by atoms with E-state index in [1.165, 1.54) is 398 Å². The molecule has 0 radical (unpaired) electrons. The third kappa shape index (κ3) is 75.3. The topological polar surface area (TPSA) is 95.9 Å². The molecule has 0 aromatic rings. The minimum absolute atomic E-state index is 0.0141. The van der Waals surface area contributed by atoms with Gasteiger partial charge in [-0.15, -0.1) is 0 Å². The predicted molar refractivity (Wildman–Crippen MR) is 393 cm³/mol. The first kappa shape index (κ1) is 87.3. The van der Waals surface area contributed by atoms with Crippen LogP contribution in [0.1, 0.15) is 470 Å². The van der Waals surface area contributed by atoms with Crippen molar-refractivity contribution in [3.05, 3.63) is 24.3 Å². The van der Waals surface area contributed by atoms with Gasteiger partial charge in [0.25, 0.3) is 0 Å². The van der Waals surface area contributed by atoms with Crippen molar-refractivity contribution in [3.63, 3.8) is 0 Å². The van der Waals surface area contributed by atoms with Crippen LogP contribution in [0.5, 0.6) is 0 Å². The standard InChI is InChI=1S/C83H161NO5/c1-3-5-7-9-11-13-15-17-19-21-22-23-24-32-35-38-41-44-47-51-55-59-63-67-71-75-81(86)80(79-85)84-82(87)76-72-68-64-60-56-52-48-45-42-39-36-33-30-28-26-25-27-29-31-34-37-40-43-46-50-54-58-62-66-70-74-78-89-83(88)77-73-69-65-61-57-53-49-20-18-16-14-12-10-8-6-4-2/h20,49,71,75,80-81,85-86H,3-19,21-48,50-70,72-74,76-79H2,1-2H3,(H,84,87)/b49-20-,75-71+. The lowest BCUT2D eigenvalue weighted by Crippen LogP contribution is -2.45. The number of ether oxygens (including phenoxy) is 1. The van der Waals surface area contributed by atoms with Gasteiger partial charge in [0.05, 0.1) is 25.4 Å². The van der Waals surface area contributed by atoms with E-state index in [0.29, 0.717) is 19.4 Å². The molecular formula is C83H161NO5. The summed E-state index contributed by atoms with van der Waals surface area (Å²) in [4.78, 5) is 24.7. The number of nitrogens with one attached hydrogen (secondary N) is 1. The first-order valence-corrected chi connectivity index (χ1v) is 41.1. The number of unbranched alkanes of at least 4 members (excludes halogenated alkanes) is 65. The van der Waals surface area contributed by atoms with Crippen LogP contribution in [-0.4, -0.2) is 47.4 Å². The van der Waals surface area contributed by atoms with Gasteiger partial charge in [0.2, 0.25) is 5.91 Å². The van der Waals surface area contributed by atoms with E-state index in [9.17, 15) is 19.8 Å². The maximum absolute atomic E-state index is 12.6. The quantitative estimate of drug-likeness (QED) is 0.0320. The second-order valence-corrected chi connectivity index (χ2v) is 28.5. The van der Waals surface area contributed by atoms with Crippen molar-refractivity contribution in [3.8, 4) is 0 Å². The van der Waals surface area contributed by atoms with E-state index in [-0.39, 0.29) is 18.5 Å². The first-order valence-electron chi connectivity index (χ1n) is 41.1. The summed E-state index contributed by atoms with van der Waals surface area (Å²) < 4.78 is 5.50. The van der Waals surface area contributed by atoms with E-state index >= 15 is 0 Å². The van der Waals surface area contributed by atoms with Crippen LogP contribution in [0.25, 0.3) is 0 Å². The van der Waals surface area contributed by atoms with Gasteiger partial charge in [0.1, 0.15) is 0 Å². The second-order valence-electron chi connectivity index (χ2n) is 28.5. The minimum Gasteiger partial charge on any atom is -0.466 e. The summed E-state index contributed by atoms with van der Waals surface area (Å²) in [7, 11) is 0. The van der Waals surface area contributed by atoms with Crippen LogP contribution in [0.4, 0.5) is 0 Å². The molecule has 2 unspecified atom stereocenters. The molecule has 1 amide bonds. The van der Waals surface area contributed by atoms with Gasteiger partial charge in [-0.2, -0.15) is 0 Å². The molecule has 0 saturated carbocycles. The molecule has 6 nitrogen and oxygen atoms in total. The number of hydrogen-bond donors (Lipinski definition) is 3. The van der Waals surface area contributed by atoms with E-state index in [0.717, 1.165) is 44.9 Å². The van der Waals surface area contributed by atoms with E-state index < -0.39 is 12.1 Å². The zero-order chi connectivity index (χ0) is 64.2. The van der Waals surface area contributed by atoms with Gasteiger partial charge in [-0.25, -0.2) is 0 Å². The maximum Gasteiger partial charge on any atom is 0.305 e. The molecule has 0 aliphatic heterocycles. The van der Waals surface area contributed by atoms with E-state index in [1.807, 2.05) is 6.08 Å². The first-order chi connectivity index (χ1) is 44.0. The van der Waals surface area contributed by atoms with Gasteiger partial charge >= 0.3 is 5.97 Å². The molecule has 2 atom stereocenters. The average molecular weight is 1250 g/mol. The van der Waals surface area contributed by atoms with Gasteiger partial charge in [-0.3, -0.25) is 9.59 Å². The normalized spacial score (nSPS) is 12.5. The third-order valence-corrected chi connectivity index (χ3v) is 19.5. The molecular weight excluding hydrogens is 1090 g/mol. The SMILES string of the molecule is CCCCCCCCC/C=C\CCCCCCCC(=O)OCCCCCCCCCCCCCCCCCCCCCCCCCCCCCCCCCC(=O)NC(CO)C(O)/C=C/CCCCCCCCCCCCCCCCCCCCCCCCC. The molecule has 6 heteroatoms. The van der Waals surface area contributed by atoms with Crippen molar-refractivity contribution >= 4 is 11.9 Å². The number of allylic oxidation sites excluding steroid dienone is 3. The van der Waals surface area contributed by atoms with Crippen molar-refractivity contribution in [1.29, 1.82) is 0 Å². The highest BCUT2D eigenvalue weighted by Gasteiger charge is 2.18. The molecule has 0 rings (SSSR count). The van der Waals surface area contributed by atoms with Crippen molar-refractivity contribution in [2.75, 3.05) is 13.2 Å². The highest BCUT2D eigenvalue weighted by atomic mass is 16.5. The fraction of sp³-hybridized carbons (Fsp3) is 0.928. The van der Waals surface area contributed by atoms with Crippen LogP contribution in [0.3, 0.4) is 0 Å². The van der Waals surface area contributed by atoms with Crippen molar-refractivity contribution in [2.45, 2.75) is 482 Å². The molecule has 0 aromatic carbocycles. The molecule has 0 saturated heterocycles. The Morgan fingerprint density at radius 2 is 0.528 bits per heavy atom. The Kier molecular flexibility index (Phi) is 77.3. The van der Waals surface area contributed by atoms with E-state index in [4.69, 9.17) is 4.74 Å². The van der Waals surface area contributed by atoms with Crippen LogP contribution in [0.2, 0.25) is 0 Å². The second kappa shape index (κ2) is 78.8. The molecule has 3 N–H and O–H groups in total. The molecule has 0 aliphatic carbocycles. The monoisotopic (exact) mass is 1250 g/mol. The zero-order valence-electron chi connectivity index (χ0n) is 60.7. The molecule has 0 heterocycles. The van der Waals surface area contributed by atoms with E-state index in [2.05, 4.69) is 31.3 Å². The summed E-state index contributed by atoms with van der Waals surface area (Å²) in [6, 6.07) is -0.626. The molecule has 0 fully saturated rings. The number of hydrogen-bond acceptors (Lipinski definition) is 5. The van der Waals surface area contributed by atoms with Crippen LogP contribution in [-0.2, 0) is 14.3 Å². The Bertz CT molecular complexity index is 1400. The fourth-order valence-electron chi connectivity index (χ4n) is 13.2. The van der Waals surface area contributed by atoms with Crippen LogP contribution in [0, 0.1) is 0 Å². The average Bonchev–Trinajstić information content (AvgIpc) is 3.64. The number of amides is 1. The summed E-state index contributed by atoms with van der Waals surface area (Å²) in [5, 5.41) is 23.3. The lowest BCUT2D eigenvalue weighted by Gasteiger charge is -2.20. The molecule has 0 aromatic heterocycles. The Labute approximate surface area is 558 Å². The Morgan fingerprint density at radius 3 is 0.798 bits per heavy atom. The van der Waals surface area contributed by atoms with E-state index in [1.54, 1.807) is 6.08 Å². The molecule has 89 heavy (non-hydrogen) atoms. The highest BCUT2D eigenvalue weighted by Crippen LogP contribution is 2.20. The lowest BCUT2D eigenvalue weighted by atomic mass is 10.0. The lowest BCUT2D eigenvalue weighted by molar-refractivity contribution is -0.143.